The summed E-state index contributed by atoms with van der Waals surface area (Å²) < 4.78 is 0. The van der Waals surface area contributed by atoms with E-state index in [-0.39, 0.29) is 0 Å². The summed E-state index contributed by atoms with van der Waals surface area (Å²) in [5.74, 6) is 2.95. The van der Waals surface area contributed by atoms with E-state index in [9.17, 15) is 0 Å². The lowest BCUT2D eigenvalue weighted by molar-refractivity contribution is 0.638. The second-order valence-electron chi connectivity index (χ2n) is 4.58. The molecule has 1 aliphatic carbocycles. The summed E-state index contributed by atoms with van der Waals surface area (Å²) in [5.41, 5.74) is 0. The zero-order valence-corrected chi connectivity index (χ0v) is 11.2. The van der Waals surface area contributed by atoms with Crippen LogP contribution in [-0.4, -0.2) is 35.5 Å². The van der Waals surface area contributed by atoms with E-state index in [0.29, 0.717) is 0 Å². The van der Waals surface area contributed by atoms with Gasteiger partial charge in [0.1, 0.15) is 0 Å². The van der Waals surface area contributed by atoms with Gasteiger partial charge in [-0.05, 0) is 36.7 Å². The molecule has 2 nitrogen and oxygen atoms in total. The number of nitrogens with one attached hydrogen (secondary N) is 1. The van der Waals surface area contributed by atoms with Crippen molar-refractivity contribution >= 4 is 28.7 Å². The van der Waals surface area contributed by atoms with Crippen molar-refractivity contribution in [2.45, 2.75) is 25.0 Å². The zero-order valence-electron chi connectivity index (χ0n) is 9.53. The van der Waals surface area contributed by atoms with Crippen LogP contribution in [0.1, 0.15) is 19.8 Å². The van der Waals surface area contributed by atoms with Crippen molar-refractivity contribution in [1.82, 2.24) is 5.32 Å². The normalized spacial score (nSPS) is 27.6. The molecule has 4 heteroatoms. The highest BCUT2D eigenvalue weighted by atomic mass is 32.2. The standard InChI is InChI=1S/C11H20N2S2/c1-8(7-14-2)5-12-11-13-6-10(15-11)9-3-4-9/h8-10H,3-7H2,1-2H3,(H,12,13). The molecule has 2 atom stereocenters. The molecule has 2 aliphatic rings. The zero-order chi connectivity index (χ0) is 10.7. The van der Waals surface area contributed by atoms with E-state index in [1.165, 1.54) is 23.8 Å². The number of nitrogens with zero attached hydrogens (tertiary/aromatic N) is 1. The third-order valence-corrected chi connectivity index (χ3v) is 5.11. The van der Waals surface area contributed by atoms with Gasteiger partial charge in [-0.25, -0.2) is 0 Å². The van der Waals surface area contributed by atoms with Crippen LogP contribution in [0.2, 0.25) is 0 Å². The number of hydrogen-bond acceptors (Lipinski definition) is 4. The van der Waals surface area contributed by atoms with Gasteiger partial charge in [0.15, 0.2) is 5.17 Å². The van der Waals surface area contributed by atoms with Crippen molar-refractivity contribution in [2.75, 3.05) is 25.1 Å². The van der Waals surface area contributed by atoms with Gasteiger partial charge in [0.25, 0.3) is 0 Å². The van der Waals surface area contributed by atoms with Crippen LogP contribution in [0.4, 0.5) is 0 Å². The Morgan fingerprint density at radius 1 is 1.60 bits per heavy atom. The summed E-state index contributed by atoms with van der Waals surface area (Å²) in [4.78, 5) is 4.57. The Bertz CT molecular complexity index is 239. The molecule has 0 aromatic rings. The second-order valence-corrected chi connectivity index (χ2v) is 6.72. The predicted octanol–water partition coefficient (Wildman–Crippen LogP) is 2.46. The molecule has 86 valence electrons. The fourth-order valence-electron chi connectivity index (χ4n) is 1.81. The monoisotopic (exact) mass is 244 g/mol. The summed E-state index contributed by atoms with van der Waals surface area (Å²) in [6, 6.07) is 0. The van der Waals surface area contributed by atoms with Crippen LogP contribution < -0.4 is 5.32 Å². The average Bonchev–Trinajstić information content (AvgIpc) is 2.96. The number of hydrogen-bond donors (Lipinski definition) is 1. The molecular formula is C11H20N2S2. The van der Waals surface area contributed by atoms with E-state index in [2.05, 4.69) is 23.5 Å². The SMILES string of the molecule is CSCC(C)CNC1=NCC(C2CC2)S1. The van der Waals surface area contributed by atoms with Crippen LogP contribution in [0, 0.1) is 11.8 Å². The van der Waals surface area contributed by atoms with Gasteiger partial charge in [0.2, 0.25) is 0 Å². The highest BCUT2D eigenvalue weighted by Gasteiger charge is 2.35. The molecule has 1 fully saturated rings. The van der Waals surface area contributed by atoms with Gasteiger partial charge in [-0.2, -0.15) is 11.8 Å². The second kappa shape index (κ2) is 5.48. The molecule has 0 amide bonds. The third-order valence-electron chi connectivity index (χ3n) is 2.88. The third kappa shape index (κ3) is 3.59. The van der Waals surface area contributed by atoms with Gasteiger partial charge in [0.05, 0.1) is 6.54 Å². The molecule has 0 saturated heterocycles. The largest absolute Gasteiger partial charge is 0.365 e. The average molecular weight is 244 g/mol. The van der Waals surface area contributed by atoms with Gasteiger partial charge >= 0.3 is 0 Å². The van der Waals surface area contributed by atoms with Crippen LogP contribution in [0.3, 0.4) is 0 Å². The minimum absolute atomic E-state index is 0.739. The first-order chi connectivity index (χ1) is 7.29. The molecule has 1 aliphatic heterocycles. The minimum Gasteiger partial charge on any atom is -0.365 e. The Kier molecular flexibility index (Phi) is 4.26. The van der Waals surface area contributed by atoms with Crippen LogP contribution in [0.25, 0.3) is 0 Å². The lowest BCUT2D eigenvalue weighted by atomic mass is 10.2. The Balaban J connectivity index is 1.63. The van der Waals surface area contributed by atoms with E-state index < -0.39 is 0 Å². The maximum Gasteiger partial charge on any atom is 0.156 e. The van der Waals surface area contributed by atoms with Crippen molar-refractivity contribution in [2.24, 2.45) is 16.8 Å². The van der Waals surface area contributed by atoms with Gasteiger partial charge in [-0.15, -0.1) is 0 Å². The Morgan fingerprint density at radius 3 is 3.07 bits per heavy atom. The fourth-order valence-corrected chi connectivity index (χ4v) is 3.71. The van der Waals surface area contributed by atoms with Crippen LogP contribution in [0.5, 0.6) is 0 Å². The van der Waals surface area contributed by atoms with Crippen molar-refractivity contribution in [1.29, 1.82) is 0 Å². The molecule has 0 radical (unpaired) electrons. The van der Waals surface area contributed by atoms with Gasteiger partial charge in [0, 0.05) is 11.8 Å². The maximum absolute atomic E-state index is 4.57. The summed E-state index contributed by atoms with van der Waals surface area (Å²) in [6.45, 7) is 4.42. The van der Waals surface area contributed by atoms with Crippen LogP contribution in [-0.2, 0) is 0 Å². The van der Waals surface area contributed by atoms with Crippen LogP contribution >= 0.6 is 23.5 Å². The lowest BCUT2D eigenvalue weighted by Crippen LogP contribution is -2.26. The van der Waals surface area contributed by atoms with E-state index in [4.69, 9.17) is 0 Å². The number of aliphatic imine (C=N–C) groups is 1. The van der Waals surface area contributed by atoms with E-state index >= 15 is 0 Å². The molecule has 1 heterocycles. The van der Waals surface area contributed by atoms with Crippen molar-refractivity contribution in [3.8, 4) is 0 Å². The smallest absolute Gasteiger partial charge is 0.156 e. The van der Waals surface area contributed by atoms with E-state index in [0.717, 1.165) is 30.2 Å². The summed E-state index contributed by atoms with van der Waals surface area (Å²) in [6.07, 6.45) is 5.04. The maximum atomic E-state index is 4.57. The molecule has 0 aromatic carbocycles. The Hall–Kier alpha value is 0.170. The highest BCUT2D eigenvalue weighted by molar-refractivity contribution is 8.14. The lowest BCUT2D eigenvalue weighted by Gasteiger charge is -2.12. The molecule has 2 rings (SSSR count). The van der Waals surface area contributed by atoms with Crippen LogP contribution in [0.15, 0.2) is 4.99 Å². The molecule has 2 unspecified atom stereocenters. The molecular weight excluding hydrogens is 224 g/mol. The number of rotatable bonds is 5. The highest BCUT2D eigenvalue weighted by Crippen LogP contribution is 2.41. The van der Waals surface area contributed by atoms with Crippen molar-refractivity contribution < 1.29 is 0 Å². The number of thioether (sulfide) groups is 2. The molecule has 1 saturated carbocycles. The minimum atomic E-state index is 0.739. The quantitative estimate of drug-likeness (QED) is 0.804. The fraction of sp³-hybridized carbons (Fsp3) is 0.909. The van der Waals surface area contributed by atoms with Gasteiger partial charge < -0.3 is 5.32 Å². The molecule has 0 aromatic heterocycles. The van der Waals surface area contributed by atoms with Crippen molar-refractivity contribution in [3.63, 3.8) is 0 Å². The topological polar surface area (TPSA) is 24.4 Å². The van der Waals surface area contributed by atoms with E-state index in [1.807, 2.05) is 23.5 Å². The van der Waals surface area contributed by atoms with Gasteiger partial charge in [-0.3, -0.25) is 4.99 Å². The first-order valence-electron chi connectivity index (χ1n) is 5.73. The summed E-state index contributed by atoms with van der Waals surface area (Å²) >= 11 is 3.89. The molecule has 0 bridgehead atoms. The number of amidine groups is 1. The summed E-state index contributed by atoms with van der Waals surface area (Å²) in [7, 11) is 0. The molecule has 1 N–H and O–H groups in total. The Labute approximate surface area is 101 Å². The Morgan fingerprint density at radius 2 is 2.40 bits per heavy atom. The van der Waals surface area contributed by atoms with Crippen molar-refractivity contribution in [3.05, 3.63) is 0 Å². The molecule has 15 heavy (non-hydrogen) atoms. The first-order valence-corrected chi connectivity index (χ1v) is 8.01. The first kappa shape index (κ1) is 11.6. The predicted molar refractivity (Wildman–Crippen MR) is 72.0 cm³/mol. The van der Waals surface area contributed by atoms with Gasteiger partial charge in [-0.1, -0.05) is 18.7 Å². The van der Waals surface area contributed by atoms with E-state index in [1.54, 1.807) is 0 Å². The molecule has 0 spiro atoms. The summed E-state index contributed by atoms with van der Waals surface area (Å²) in [5, 5.41) is 5.47.